The van der Waals surface area contributed by atoms with E-state index in [0.717, 1.165) is 11.1 Å². The second-order valence-electron chi connectivity index (χ2n) is 7.11. The minimum Gasteiger partial charge on any atom is -0.480 e. The van der Waals surface area contributed by atoms with Crippen LogP contribution in [0, 0.1) is 0 Å². The van der Waals surface area contributed by atoms with Gasteiger partial charge in [0.15, 0.2) is 0 Å². The van der Waals surface area contributed by atoms with E-state index >= 15 is 0 Å². The minimum atomic E-state index is 0.0127. The number of aromatic nitrogens is 3. The highest BCUT2D eigenvalue weighted by atomic mass is 16.5. The van der Waals surface area contributed by atoms with Gasteiger partial charge in [-0.3, -0.25) is 10.2 Å². The Morgan fingerprint density at radius 2 is 1.86 bits per heavy atom. The maximum absolute atomic E-state index is 12.8. The monoisotopic (exact) mass is 478 g/mol. The van der Waals surface area contributed by atoms with E-state index in [0.29, 0.717) is 49.1 Å². The van der Waals surface area contributed by atoms with Crippen LogP contribution in [0.3, 0.4) is 0 Å². The van der Waals surface area contributed by atoms with Crippen molar-refractivity contribution in [1.82, 2.24) is 19.9 Å². The number of hydrazone groups is 1. The van der Waals surface area contributed by atoms with E-state index in [1.807, 2.05) is 55.1 Å². The Bertz CT molecular complexity index is 1130. The van der Waals surface area contributed by atoms with Crippen LogP contribution in [0.1, 0.15) is 29.8 Å². The quantitative estimate of drug-likeness (QED) is 0.406. The van der Waals surface area contributed by atoms with Gasteiger partial charge >= 0.3 is 6.01 Å². The highest BCUT2D eigenvalue weighted by Crippen LogP contribution is 2.22. The zero-order valence-electron chi connectivity index (χ0n) is 20.4. The summed E-state index contributed by atoms with van der Waals surface area (Å²) in [6.07, 6.45) is 4.82. The van der Waals surface area contributed by atoms with Gasteiger partial charge in [-0.2, -0.15) is 10.1 Å². The Morgan fingerprint density at radius 1 is 1.06 bits per heavy atom. The lowest BCUT2D eigenvalue weighted by atomic mass is 10.0. The summed E-state index contributed by atoms with van der Waals surface area (Å²) in [5, 5.41) is 4.17. The largest absolute Gasteiger partial charge is 0.480 e. The molecule has 3 aromatic rings. The number of pyridine rings is 1. The molecule has 3 heterocycles. The second kappa shape index (κ2) is 13.0. The van der Waals surface area contributed by atoms with Crippen molar-refractivity contribution < 1.29 is 19.0 Å². The first-order valence-corrected chi connectivity index (χ1v) is 11.4. The van der Waals surface area contributed by atoms with Gasteiger partial charge in [-0.05, 0) is 29.8 Å². The summed E-state index contributed by atoms with van der Waals surface area (Å²) >= 11 is 0. The number of nitrogens with zero attached hydrogens (tertiary/aromatic N) is 5. The number of amides is 1. The number of anilines is 1. The molecule has 1 amide bonds. The van der Waals surface area contributed by atoms with Crippen LogP contribution < -0.4 is 14.9 Å². The van der Waals surface area contributed by atoms with Gasteiger partial charge in [0, 0.05) is 36.6 Å². The zero-order chi connectivity index (χ0) is 25.0. The molecule has 0 atom stereocenters. The maximum atomic E-state index is 12.8. The molecule has 10 nitrogen and oxygen atoms in total. The molecule has 0 bridgehead atoms. The number of carbonyl (C=O) groups is 1. The molecule has 4 rings (SSSR count). The number of benzene rings is 1. The van der Waals surface area contributed by atoms with E-state index in [1.54, 1.807) is 12.4 Å². The number of methoxy groups -OCH3 is 2. The lowest BCUT2D eigenvalue weighted by Gasteiger charge is -2.27. The van der Waals surface area contributed by atoms with Crippen molar-refractivity contribution in [3.8, 4) is 23.0 Å². The Labute approximate surface area is 205 Å². The average molecular weight is 479 g/mol. The summed E-state index contributed by atoms with van der Waals surface area (Å²) in [6, 6.07) is 11.5. The van der Waals surface area contributed by atoms with E-state index in [-0.39, 0.29) is 11.9 Å². The lowest BCUT2D eigenvalue weighted by molar-refractivity contribution is 0.0303. The highest BCUT2D eigenvalue weighted by molar-refractivity contribution is 5.95. The number of hydrogen-bond donors (Lipinski definition) is 1. The smallest absolute Gasteiger partial charge is 0.319 e. The van der Waals surface area contributed by atoms with Crippen molar-refractivity contribution in [3.63, 3.8) is 0 Å². The molecule has 1 aliphatic rings. The third kappa shape index (κ3) is 6.73. The molecule has 1 aromatic carbocycles. The van der Waals surface area contributed by atoms with Crippen LogP contribution in [0.25, 0.3) is 11.1 Å². The van der Waals surface area contributed by atoms with Gasteiger partial charge in [0.05, 0.1) is 39.2 Å². The highest BCUT2D eigenvalue weighted by Gasteiger charge is 2.18. The number of morpholine rings is 1. The number of hydrogen-bond acceptors (Lipinski definition) is 9. The summed E-state index contributed by atoms with van der Waals surface area (Å²) in [7, 11) is 2.99. The summed E-state index contributed by atoms with van der Waals surface area (Å²) in [5.41, 5.74) is 5.91. The van der Waals surface area contributed by atoms with Crippen molar-refractivity contribution in [3.05, 3.63) is 59.9 Å². The van der Waals surface area contributed by atoms with E-state index in [1.165, 1.54) is 20.4 Å². The molecule has 0 spiro atoms. The van der Waals surface area contributed by atoms with E-state index in [4.69, 9.17) is 14.2 Å². The molecule has 1 aliphatic heterocycles. The van der Waals surface area contributed by atoms with Crippen molar-refractivity contribution in [2.45, 2.75) is 13.8 Å². The molecule has 0 radical (unpaired) electrons. The van der Waals surface area contributed by atoms with Gasteiger partial charge in [0.2, 0.25) is 5.88 Å². The maximum Gasteiger partial charge on any atom is 0.319 e. The Hall–Kier alpha value is -4.05. The van der Waals surface area contributed by atoms with Crippen LogP contribution in [0.4, 0.5) is 5.82 Å². The first kappa shape index (κ1) is 25.6. The fourth-order valence-corrected chi connectivity index (χ4v) is 3.29. The Balaban J connectivity index is 0.00000167. The van der Waals surface area contributed by atoms with Crippen LogP contribution >= 0.6 is 0 Å². The predicted octanol–water partition coefficient (Wildman–Crippen LogP) is 3.50. The minimum absolute atomic E-state index is 0.0127. The average Bonchev–Trinajstić information content (AvgIpc) is 2.94. The van der Waals surface area contributed by atoms with E-state index in [2.05, 4.69) is 25.5 Å². The fraction of sp³-hybridized carbons (Fsp3) is 0.320. The van der Waals surface area contributed by atoms with Crippen LogP contribution in [-0.2, 0) is 4.74 Å². The van der Waals surface area contributed by atoms with Gasteiger partial charge in [0.1, 0.15) is 5.82 Å². The molecule has 35 heavy (non-hydrogen) atoms. The van der Waals surface area contributed by atoms with Gasteiger partial charge in [-0.1, -0.05) is 26.0 Å². The first-order valence-electron chi connectivity index (χ1n) is 11.4. The molecular weight excluding hydrogens is 448 g/mol. The van der Waals surface area contributed by atoms with Crippen LogP contribution in [0.5, 0.6) is 11.9 Å². The van der Waals surface area contributed by atoms with E-state index < -0.39 is 0 Å². The molecular formula is C25H30N6O4. The summed E-state index contributed by atoms with van der Waals surface area (Å²) < 4.78 is 15.5. The molecule has 1 saturated heterocycles. The Morgan fingerprint density at radius 3 is 2.54 bits per heavy atom. The van der Waals surface area contributed by atoms with Crippen molar-refractivity contribution in [2.24, 2.45) is 5.10 Å². The molecule has 0 saturated carbocycles. The van der Waals surface area contributed by atoms with Gasteiger partial charge in [0.25, 0.3) is 5.91 Å². The summed E-state index contributed by atoms with van der Waals surface area (Å²) in [6.45, 7) is 6.37. The van der Waals surface area contributed by atoms with Crippen LogP contribution in [0.2, 0.25) is 0 Å². The third-order valence-electron chi connectivity index (χ3n) is 5.02. The fourth-order valence-electron chi connectivity index (χ4n) is 3.29. The molecule has 1 N–H and O–H groups in total. The van der Waals surface area contributed by atoms with E-state index in [9.17, 15) is 4.79 Å². The zero-order valence-corrected chi connectivity index (χ0v) is 20.4. The van der Waals surface area contributed by atoms with Gasteiger partial charge in [-0.15, -0.1) is 0 Å². The second-order valence-corrected chi connectivity index (χ2v) is 7.11. The number of rotatable bonds is 7. The molecule has 0 aliphatic carbocycles. The normalized spacial score (nSPS) is 13.1. The van der Waals surface area contributed by atoms with Crippen molar-refractivity contribution >= 4 is 17.9 Å². The van der Waals surface area contributed by atoms with Gasteiger partial charge < -0.3 is 19.1 Å². The van der Waals surface area contributed by atoms with Crippen LogP contribution in [-0.4, -0.2) is 72.5 Å². The number of carbonyl (C=O) groups excluding carboxylic acids is 1. The summed E-state index contributed by atoms with van der Waals surface area (Å²) in [4.78, 5) is 27.1. The molecule has 10 heteroatoms. The third-order valence-corrected chi connectivity index (χ3v) is 5.02. The number of nitrogens with one attached hydrogen (secondary N) is 1. The lowest BCUT2D eigenvalue weighted by Crippen LogP contribution is -2.40. The van der Waals surface area contributed by atoms with Crippen molar-refractivity contribution in [2.75, 3.05) is 45.9 Å². The topological polar surface area (TPSA) is 111 Å². The standard InChI is InChI=1S/C23H24N6O4.C2H6/c1-31-21-19(14-25-23(27-21)32-2)15-26-28-20-7-6-18(13-24-20)16-4-3-5-17(12-16)22(30)29-8-10-33-11-9-29;1-2/h3-7,12-15H,8-11H2,1-2H3,(H,24,28);1-2H3/b26-15+;. The first-order chi connectivity index (χ1) is 17.2. The SMILES string of the molecule is CC.COc1ncc(/C=N/Nc2ccc(-c3cccc(C(=O)N4CCOCC4)c3)cn2)c(OC)n1. The number of ether oxygens (including phenoxy) is 3. The van der Waals surface area contributed by atoms with Crippen molar-refractivity contribution in [1.29, 1.82) is 0 Å². The summed E-state index contributed by atoms with van der Waals surface area (Å²) in [5.74, 6) is 0.921. The predicted molar refractivity (Wildman–Crippen MR) is 134 cm³/mol. The Kier molecular flexibility index (Phi) is 9.49. The van der Waals surface area contributed by atoms with Crippen LogP contribution in [0.15, 0.2) is 53.9 Å². The molecule has 184 valence electrons. The molecule has 1 fully saturated rings. The van der Waals surface area contributed by atoms with Gasteiger partial charge in [-0.25, -0.2) is 9.97 Å². The molecule has 2 aromatic heterocycles. The molecule has 0 unspecified atom stereocenters.